The molecule has 1 aliphatic heterocycles. The van der Waals surface area contributed by atoms with E-state index < -0.39 is 18.0 Å². The van der Waals surface area contributed by atoms with E-state index in [0.717, 1.165) is 56.4 Å². The number of anilines is 1. The fourth-order valence-electron chi connectivity index (χ4n) is 5.65. The van der Waals surface area contributed by atoms with Crippen molar-refractivity contribution >= 4 is 11.8 Å². The molecule has 4 rings (SSSR count). The van der Waals surface area contributed by atoms with Gasteiger partial charge in [0.1, 0.15) is 5.75 Å². The molecule has 2 aromatic rings. The van der Waals surface area contributed by atoms with Gasteiger partial charge in [-0.15, -0.1) is 13.2 Å². The molecular formula is C27H31F3N4O3. The lowest BCUT2D eigenvalue weighted by Gasteiger charge is -2.47. The average Bonchev–Trinajstić information content (AvgIpc) is 2.86. The van der Waals surface area contributed by atoms with Crippen molar-refractivity contribution in [2.75, 3.05) is 18.0 Å². The van der Waals surface area contributed by atoms with E-state index in [1.54, 1.807) is 24.3 Å². The minimum atomic E-state index is -4.77. The second kappa shape index (κ2) is 11.3. The van der Waals surface area contributed by atoms with Crippen LogP contribution in [0.1, 0.15) is 49.7 Å². The number of carboxylic acid groups (broad SMARTS) is 1. The van der Waals surface area contributed by atoms with Gasteiger partial charge in [0.05, 0.1) is 17.2 Å². The number of hydrogen-bond donors (Lipinski definition) is 3. The zero-order chi connectivity index (χ0) is 26.5. The number of benzene rings is 2. The molecule has 1 heterocycles. The van der Waals surface area contributed by atoms with Gasteiger partial charge >= 0.3 is 12.5 Å². The van der Waals surface area contributed by atoms with E-state index in [9.17, 15) is 23.1 Å². The van der Waals surface area contributed by atoms with Crippen molar-refractivity contribution in [2.24, 2.45) is 0 Å². The predicted octanol–water partition coefficient (Wildman–Crippen LogP) is 5.21. The fourth-order valence-corrected chi connectivity index (χ4v) is 5.65. The highest BCUT2D eigenvalue weighted by atomic mass is 19.4. The van der Waals surface area contributed by atoms with Crippen molar-refractivity contribution < 1.29 is 27.8 Å². The molecule has 10 heteroatoms. The molecule has 3 N–H and O–H groups in total. The summed E-state index contributed by atoms with van der Waals surface area (Å²) in [6.45, 7) is 1.66. The predicted molar refractivity (Wildman–Crippen MR) is 133 cm³/mol. The van der Waals surface area contributed by atoms with E-state index in [1.807, 2.05) is 12.1 Å². The Morgan fingerprint density at radius 1 is 1.11 bits per heavy atom. The second-order valence-electron chi connectivity index (χ2n) is 9.86. The lowest BCUT2D eigenvalue weighted by Crippen LogP contribution is -2.66. The Morgan fingerprint density at radius 2 is 1.84 bits per heavy atom. The quantitative estimate of drug-likeness (QED) is 0.468. The first kappa shape index (κ1) is 26.6. The molecule has 0 bridgehead atoms. The number of halogens is 3. The SMILES string of the molecule is N#Cc1ccc(N2CCCC(NC3CCCCC3(Cc3ccc(OC(F)(F)F)cc3)NC(=O)O)C2)cc1. The summed E-state index contributed by atoms with van der Waals surface area (Å²) in [5.41, 5.74) is 1.61. The second-order valence-corrected chi connectivity index (χ2v) is 9.86. The molecule has 3 atom stereocenters. The number of piperidine rings is 1. The van der Waals surface area contributed by atoms with Crippen molar-refractivity contribution in [3.8, 4) is 11.8 Å². The number of carbonyl (C=O) groups is 1. The van der Waals surface area contributed by atoms with E-state index in [-0.39, 0.29) is 17.8 Å². The third-order valence-corrected chi connectivity index (χ3v) is 7.28. The molecule has 1 saturated carbocycles. The van der Waals surface area contributed by atoms with Crippen LogP contribution in [-0.2, 0) is 6.42 Å². The van der Waals surface area contributed by atoms with Gasteiger partial charge < -0.3 is 25.4 Å². The minimum Gasteiger partial charge on any atom is -0.465 e. The van der Waals surface area contributed by atoms with Crippen LogP contribution < -0.4 is 20.3 Å². The molecule has 0 spiro atoms. The van der Waals surface area contributed by atoms with Crippen LogP contribution in [0.2, 0.25) is 0 Å². The highest BCUT2D eigenvalue weighted by molar-refractivity contribution is 5.66. The first-order valence-electron chi connectivity index (χ1n) is 12.5. The Balaban J connectivity index is 1.49. The Hall–Kier alpha value is -3.45. The lowest BCUT2D eigenvalue weighted by atomic mass is 9.73. The van der Waals surface area contributed by atoms with Gasteiger partial charge in [-0.05, 0) is 74.1 Å². The number of ether oxygens (including phenoxy) is 1. The van der Waals surface area contributed by atoms with E-state index in [1.165, 1.54) is 12.1 Å². The van der Waals surface area contributed by atoms with Crippen molar-refractivity contribution in [1.82, 2.24) is 10.6 Å². The van der Waals surface area contributed by atoms with Crippen molar-refractivity contribution in [3.63, 3.8) is 0 Å². The first-order valence-corrected chi connectivity index (χ1v) is 12.5. The van der Waals surface area contributed by atoms with Gasteiger partial charge in [0.15, 0.2) is 0 Å². The lowest BCUT2D eigenvalue weighted by molar-refractivity contribution is -0.274. The van der Waals surface area contributed by atoms with Crippen LogP contribution in [0.5, 0.6) is 5.75 Å². The van der Waals surface area contributed by atoms with Crippen LogP contribution in [0, 0.1) is 11.3 Å². The average molecular weight is 517 g/mol. The third kappa shape index (κ3) is 7.07. The summed E-state index contributed by atoms with van der Waals surface area (Å²) in [4.78, 5) is 14.2. The molecule has 37 heavy (non-hydrogen) atoms. The third-order valence-electron chi connectivity index (χ3n) is 7.28. The maximum atomic E-state index is 12.5. The largest absolute Gasteiger partial charge is 0.573 e. The van der Waals surface area contributed by atoms with Gasteiger partial charge in [0.25, 0.3) is 0 Å². The normalized spacial score (nSPS) is 24.2. The summed E-state index contributed by atoms with van der Waals surface area (Å²) in [6, 6.07) is 15.3. The van der Waals surface area contributed by atoms with Crippen LogP contribution in [0.15, 0.2) is 48.5 Å². The van der Waals surface area contributed by atoms with Gasteiger partial charge in [-0.3, -0.25) is 0 Å². The molecule has 7 nitrogen and oxygen atoms in total. The van der Waals surface area contributed by atoms with E-state index in [0.29, 0.717) is 18.4 Å². The number of hydrogen-bond acceptors (Lipinski definition) is 5. The summed E-state index contributed by atoms with van der Waals surface area (Å²) < 4.78 is 41.6. The van der Waals surface area contributed by atoms with E-state index in [4.69, 9.17) is 5.26 Å². The number of nitrogens with one attached hydrogen (secondary N) is 2. The smallest absolute Gasteiger partial charge is 0.465 e. The molecular weight excluding hydrogens is 485 g/mol. The summed E-state index contributed by atoms with van der Waals surface area (Å²) in [5.74, 6) is -0.306. The van der Waals surface area contributed by atoms with E-state index >= 15 is 0 Å². The standard InChI is InChI=1S/C27H31F3N4O3/c28-27(29,30)37-23-12-8-19(9-13-23)16-26(33-25(35)36)14-2-1-5-24(26)32-21-4-3-15-34(18-21)22-10-6-20(17-31)7-11-22/h6-13,21,24,32-33H,1-5,14-16,18H2,(H,35,36). The number of alkyl halides is 3. The maximum absolute atomic E-state index is 12.5. The maximum Gasteiger partial charge on any atom is 0.573 e. The van der Waals surface area contributed by atoms with Crippen LogP contribution >= 0.6 is 0 Å². The van der Waals surface area contributed by atoms with Gasteiger partial charge in [-0.1, -0.05) is 25.0 Å². The Bertz CT molecular complexity index is 1100. The highest BCUT2D eigenvalue weighted by Crippen LogP contribution is 2.34. The summed E-state index contributed by atoms with van der Waals surface area (Å²) >= 11 is 0. The number of rotatable bonds is 7. The van der Waals surface area contributed by atoms with Gasteiger partial charge in [-0.2, -0.15) is 5.26 Å². The number of amides is 1. The van der Waals surface area contributed by atoms with Crippen molar-refractivity contribution in [1.29, 1.82) is 5.26 Å². The molecule has 2 aromatic carbocycles. The molecule has 0 radical (unpaired) electrons. The zero-order valence-corrected chi connectivity index (χ0v) is 20.4. The Morgan fingerprint density at radius 3 is 2.49 bits per heavy atom. The zero-order valence-electron chi connectivity index (χ0n) is 20.4. The van der Waals surface area contributed by atoms with Crippen LogP contribution in [0.3, 0.4) is 0 Å². The first-order chi connectivity index (χ1) is 17.7. The Labute approximate surface area is 214 Å². The number of nitriles is 1. The number of nitrogens with zero attached hydrogens (tertiary/aromatic N) is 2. The molecule has 2 fully saturated rings. The summed E-state index contributed by atoms with van der Waals surface area (Å²) in [5, 5.41) is 25.3. The van der Waals surface area contributed by atoms with Crippen LogP contribution in [0.4, 0.5) is 23.7 Å². The monoisotopic (exact) mass is 516 g/mol. The summed E-state index contributed by atoms with van der Waals surface area (Å²) in [6.07, 6.45) is -0.352. The molecule has 3 unspecified atom stereocenters. The molecule has 1 amide bonds. The Kier molecular flexibility index (Phi) is 8.13. The summed E-state index contributed by atoms with van der Waals surface area (Å²) in [7, 11) is 0. The van der Waals surface area contributed by atoms with Gasteiger partial charge in [-0.25, -0.2) is 4.79 Å². The van der Waals surface area contributed by atoms with Crippen molar-refractivity contribution in [2.45, 2.75) is 68.9 Å². The topological polar surface area (TPSA) is 97.6 Å². The van der Waals surface area contributed by atoms with Crippen molar-refractivity contribution in [3.05, 3.63) is 59.7 Å². The van der Waals surface area contributed by atoms with Crippen LogP contribution in [0.25, 0.3) is 0 Å². The van der Waals surface area contributed by atoms with Crippen LogP contribution in [-0.4, -0.2) is 48.3 Å². The molecule has 1 saturated heterocycles. The highest BCUT2D eigenvalue weighted by Gasteiger charge is 2.43. The molecule has 1 aliphatic carbocycles. The van der Waals surface area contributed by atoms with E-state index in [2.05, 4.69) is 26.3 Å². The van der Waals surface area contributed by atoms with Gasteiger partial charge in [0, 0.05) is 30.9 Å². The molecule has 198 valence electrons. The molecule has 2 aliphatic rings. The van der Waals surface area contributed by atoms with Gasteiger partial charge in [0.2, 0.25) is 0 Å². The molecule has 0 aromatic heterocycles. The minimum absolute atomic E-state index is 0.130. The fraction of sp³-hybridized carbons (Fsp3) is 0.481.